The van der Waals surface area contributed by atoms with Gasteiger partial charge in [0.2, 0.25) is 5.95 Å². The first-order chi connectivity index (χ1) is 15.5. The molecule has 0 aliphatic carbocycles. The van der Waals surface area contributed by atoms with Crippen LogP contribution in [-0.4, -0.2) is 59.7 Å². The predicted molar refractivity (Wildman–Crippen MR) is 129 cm³/mol. The molecule has 0 atom stereocenters. The van der Waals surface area contributed by atoms with Gasteiger partial charge in [-0.1, -0.05) is 6.07 Å². The van der Waals surface area contributed by atoms with E-state index in [2.05, 4.69) is 52.5 Å². The largest absolute Gasteiger partial charge is 0.369 e. The highest BCUT2D eigenvalue weighted by Gasteiger charge is 2.17. The van der Waals surface area contributed by atoms with E-state index in [1.54, 1.807) is 6.20 Å². The van der Waals surface area contributed by atoms with Crippen LogP contribution in [0.3, 0.4) is 0 Å². The second-order valence-electron chi connectivity index (χ2n) is 7.29. The molecule has 2 aromatic rings. The molecule has 0 radical (unpaired) electrons. The van der Waals surface area contributed by atoms with Gasteiger partial charge in [0.15, 0.2) is 0 Å². The average Bonchev–Trinajstić information content (AvgIpc) is 3.31. The number of benzene rings is 1. The minimum atomic E-state index is -0.166. The number of amides is 4. The van der Waals surface area contributed by atoms with E-state index in [0.29, 0.717) is 37.1 Å². The van der Waals surface area contributed by atoms with Crippen LogP contribution in [0.15, 0.2) is 34.9 Å². The maximum atomic E-state index is 12.3. The van der Waals surface area contributed by atoms with E-state index in [4.69, 9.17) is 0 Å². The van der Waals surface area contributed by atoms with Crippen molar-refractivity contribution in [1.29, 1.82) is 0 Å². The lowest BCUT2D eigenvalue weighted by Crippen LogP contribution is -2.36. The lowest BCUT2D eigenvalue weighted by Gasteiger charge is -2.16. The number of carbonyl (C=O) groups is 2. The Labute approximate surface area is 196 Å². The highest BCUT2D eigenvalue weighted by molar-refractivity contribution is 9.10. The number of rotatable bonds is 9. The van der Waals surface area contributed by atoms with Crippen molar-refractivity contribution in [1.82, 2.24) is 25.5 Å². The molecule has 1 aliphatic heterocycles. The van der Waals surface area contributed by atoms with Gasteiger partial charge in [0.1, 0.15) is 5.82 Å². The standard InChI is InChI=1S/C21H29BrN8O2/c1-2-23-20(31)25-10-6-9-24-18-17(22)14-26-19(29-18)27-15-7-5-8-16(13-15)28-21(32)30-11-3-4-12-30/h5,7-8,13-14H,2-4,6,9-12H2,1H3,(H,28,32)(H2,23,25,31)(H2,24,26,27,29). The molecular weight excluding hydrogens is 476 g/mol. The summed E-state index contributed by atoms with van der Waals surface area (Å²) in [5, 5.41) is 14.8. The highest BCUT2D eigenvalue weighted by Crippen LogP contribution is 2.23. The molecule has 3 rings (SSSR count). The first-order valence-corrected chi connectivity index (χ1v) is 11.6. The van der Waals surface area contributed by atoms with Gasteiger partial charge in [0.25, 0.3) is 0 Å². The molecule has 0 unspecified atom stereocenters. The van der Waals surface area contributed by atoms with Crippen LogP contribution in [0.2, 0.25) is 0 Å². The van der Waals surface area contributed by atoms with Crippen LogP contribution in [-0.2, 0) is 0 Å². The Morgan fingerprint density at radius 3 is 2.69 bits per heavy atom. The fraction of sp³-hybridized carbons (Fsp3) is 0.429. The molecule has 10 nitrogen and oxygen atoms in total. The second-order valence-corrected chi connectivity index (χ2v) is 8.14. The zero-order chi connectivity index (χ0) is 22.8. The first kappa shape index (κ1) is 23.6. The van der Waals surface area contributed by atoms with Gasteiger partial charge in [0, 0.05) is 50.3 Å². The molecule has 2 heterocycles. The molecule has 0 spiro atoms. The van der Waals surface area contributed by atoms with Crippen molar-refractivity contribution in [3.05, 3.63) is 34.9 Å². The van der Waals surface area contributed by atoms with Gasteiger partial charge >= 0.3 is 12.1 Å². The van der Waals surface area contributed by atoms with Crippen LogP contribution in [0.5, 0.6) is 0 Å². The third kappa shape index (κ3) is 7.26. The summed E-state index contributed by atoms with van der Waals surface area (Å²) in [5.74, 6) is 1.08. The number of halogens is 1. The molecular formula is C21H29BrN8O2. The molecule has 11 heteroatoms. The first-order valence-electron chi connectivity index (χ1n) is 10.8. The van der Waals surface area contributed by atoms with Crippen molar-refractivity contribution in [2.75, 3.05) is 48.7 Å². The molecule has 32 heavy (non-hydrogen) atoms. The van der Waals surface area contributed by atoms with Gasteiger partial charge in [-0.2, -0.15) is 4.98 Å². The van der Waals surface area contributed by atoms with Crippen LogP contribution < -0.4 is 26.6 Å². The van der Waals surface area contributed by atoms with Crippen molar-refractivity contribution in [2.24, 2.45) is 0 Å². The Kier molecular flexibility index (Phi) is 8.90. The minimum absolute atomic E-state index is 0.0762. The summed E-state index contributed by atoms with van der Waals surface area (Å²) >= 11 is 3.45. The van der Waals surface area contributed by atoms with Gasteiger partial charge < -0.3 is 31.5 Å². The van der Waals surface area contributed by atoms with Crippen LogP contribution in [0.25, 0.3) is 0 Å². The number of aromatic nitrogens is 2. The van der Waals surface area contributed by atoms with Crippen LogP contribution in [0.1, 0.15) is 26.2 Å². The number of urea groups is 2. The third-order valence-corrected chi connectivity index (χ3v) is 5.36. The van der Waals surface area contributed by atoms with E-state index in [9.17, 15) is 9.59 Å². The SMILES string of the molecule is CCNC(=O)NCCCNc1nc(Nc2cccc(NC(=O)N3CCCC3)c2)ncc1Br. The molecule has 5 N–H and O–H groups in total. The smallest absolute Gasteiger partial charge is 0.321 e. The normalized spacial score (nSPS) is 12.9. The van der Waals surface area contributed by atoms with Crippen LogP contribution in [0.4, 0.5) is 32.7 Å². The summed E-state index contributed by atoms with van der Waals surface area (Å²) in [4.78, 5) is 34.3. The summed E-state index contributed by atoms with van der Waals surface area (Å²) in [5.41, 5.74) is 1.48. The monoisotopic (exact) mass is 504 g/mol. The topological polar surface area (TPSA) is 123 Å². The zero-order valence-corrected chi connectivity index (χ0v) is 19.7. The fourth-order valence-electron chi connectivity index (χ4n) is 3.20. The summed E-state index contributed by atoms with van der Waals surface area (Å²) < 4.78 is 0.742. The lowest BCUT2D eigenvalue weighted by atomic mass is 10.3. The Morgan fingerprint density at radius 1 is 1.12 bits per heavy atom. The Morgan fingerprint density at radius 2 is 1.91 bits per heavy atom. The van der Waals surface area contributed by atoms with E-state index in [1.807, 2.05) is 36.1 Å². The number of nitrogens with one attached hydrogen (secondary N) is 5. The Bertz CT molecular complexity index is 920. The quantitative estimate of drug-likeness (QED) is 0.331. The van der Waals surface area contributed by atoms with Gasteiger partial charge in [-0.15, -0.1) is 0 Å². The van der Waals surface area contributed by atoms with Crippen molar-refractivity contribution >= 4 is 51.1 Å². The number of anilines is 4. The van der Waals surface area contributed by atoms with Crippen molar-refractivity contribution in [3.8, 4) is 0 Å². The molecule has 1 fully saturated rings. The van der Waals surface area contributed by atoms with Crippen molar-refractivity contribution in [2.45, 2.75) is 26.2 Å². The van der Waals surface area contributed by atoms with Gasteiger partial charge in [0.05, 0.1) is 4.47 Å². The van der Waals surface area contributed by atoms with Crippen LogP contribution in [0, 0.1) is 0 Å². The van der Waals surface area contributed by atoms with E-state index in [-0.39, 0.29) is 12.1 Å². The Balaban J connectivity index is 1.52. The molecule has 0 bridgehead atoms. The van der Waals surface area contributed by atoms with Crippen molar-refractivity contribution in [3.63, 3.8) is 0 Å². The van der Waals surface area contributed by atoms with Crippen molar-refractivity contribution < 1.29 is 9.59 Å². The molecule has 4 amide bonds. The maximum absolute atomic E-state index is 12.3. The Hall–Kier alpha value is -3.08. The number of carbonyl (C=O) groups excluding carboxylic acids is 2. The minimum Gasteiger partial charge on any atom is -0.369 e. The number of likely N-dealkylation sites (tertiary alicyclic amines) is 1. The predicted octanol–water partition coefficient (Wildman–Crippen LogP) is 3.73. The van der Waals surface area contributed by atoms with E-state index in [1.165, 1.54) is 0 Å². The van der Waals surface area contributed by atoms with Gasteiger partial charge in [-0.05, 0) is 60.3 Å². The summed E-state index contributed by atoms with van der Waals surface area (Å²) in [6.45, 7) is 5.27. The lowest BCUT2D eigenvalue weighted by molar-refractivity contribution is 0.222. The summed E-state index contributed by atoms with van der Waals surface area (Å²) in [6.07, 6.45) is 4.52. The molecule has 1 aromatic carbocycles. The van der Waals surface area contributed by atoms with Gasteiger partial charge in [-0.3, -0.25) is 0 Å². The summed E-state index contributed by atoms with van der Waals surface area (Å²) in [7, 11) is 0. The maximum Gasteiger partial charge on any atom is 0.321 e. The van der Waals surface area contributed by atoms with Crippen LogP contribution >= 0.6 is 15.9 Å². The summed E-state index contributed by atoms with van der Waals surface area (Å²) in [6, 6.07) is 7.20. The average molecular weight is 505 g/mol. The van der Waals surface area contributed by atoms with E-state index in [0.717, 1.165) is 42.5 Å². The fourth-order valence-corrected chi connectivity index (χ4v) is 3.53. The zero-order valence-electron chi connectivity index (χ0n) is 18.1. The molecule has 0 saturated carbocycles. The molecule has 1 saturated heterocycles. The molecule has 172 valence electrons. The van der Waals surface area contributed by atoms with E-state index >= 15 is 0 Å². The number of hydrogen-bond donors (Lipinski definition) is 5. The molecule has 1 aliphatic rings. The third-order valence-electron chi connectivity index (χ3n) is 4.78. The molecule has 1 aromatic heterocycles. The number of nitrogens with zero attached hydrogens (tertiary/aromatic N) is 3. The second kappa shape index (κ2) is 12.1. The highest BCUT2D eigenvalue weighted by atomic mass is 79.9. The number of hydrogen-bond acceptors (Lipinski definition) is 6. The van der Waals surface area contributed by atoms with E-state index < -0.39 is 0 Å². The van der Waals surface area contributed by atoms with Gasteiger partial charge in [-0.25, -0.2) is 14.6 Å².